The normalized spacial score (nSPS) is 12.2. The number of sulfonamides is 1. The number of halogens is 3. The van der Waals surface area contributed by atoms with Crippen LogP contribution in [0.2, 0.25) is 15.1 Å². The van der Waals surface area contributed by atoms with Crippen molar-refractivity contribution in [1.29, 1.82) is 0 Å². The highest BCUT2D eigenvalue weighted by Gasteiger charge is 2.33. The first-order valence-corrected chi connectivity index (χ1v) is 15.7. The lowest BCUT2D eigenvalue weighted by Crippen LogP contribution is -2.51. The quantitative estimate of drug-likeness (QED) is 0.255. The van der Waals surface area contributed by atoms with Crippen LogP contribution in [0, 0.1) is 19.8 Å². The molecule has 0 aliphatic rings. The third kappa shape index (κ3) is 8.16. The van der Waals surface area contributed by atoms with Gasteiger partial charge in [0.1, 0.15) is 12.6 Å². The van der Waals surface area contributed by atoms with E-state index in [0.717, 1.165) is 9.87 Å². The van der Waals surface area contributed by atoms with Crippen molar-refractivity contribution in [2.75, 3.05) is 17.4 Å². The van der Waals surface area contributed by atoms with Crippen LogP contribution in [0.5, 0.6) is 0 Å². The van der Waals surface area contributed by atoms with Gasteiger partial charge < -0.3 is 10.2 Å². The fourth-order valence-corrected chi connectivity index (χ4v) is 6.36. The highest BCUT2D eigenvalue weighted by Crippen LogP contribution is 2.31. The van der Waals surface area contributed by atoms with Crippen LogP contribution >= 0.6 is 34.8 Å². The van der Waals surface area contributed by atoms with Gasteiger partial charge in [-0.25, -0.2) is 8.42 Å². The molecule has 220 valence electrons. The van der Waals surface area contributed by atoms with Crippen molar-refractivity contribution >= 4 is 62.3 Å². The molecule has 0 saturated carbocycles. The number of carbonyl (C=O) groups is 2. The Balaban J connectivity index is 2.09. The molecule has 3 aromatic rings. The molecule has 0 fully saturated rings. The second-order valence-electron chi connectivity index (χ2n) is 10.3. The second kappa shape index (κ2) is 13.9. The van der Waals surface area contributed by atoms with Crippen molar-refractivity contribution < 1.29 is 18.0 Å². The van der Waals surface area contributed by atoms with Crippen LogP contribution in [-0.2, 0) is 26.2 Å². The van der Waals surface area contributed by atoms with Crippen LogP contribution in [0.4, 0.5) is 5.69 Å². The van der Waals surface area contributed by atoms with Crippen molar-refractivity contribution in [3.8, 4) is 0 Å². The van der Waals surface area contributed by atoms with E-state index in [4.69, 9.17) is 34.8 Å². The average Bonchev–Trinajstić information content (AvgIpc) is 2.90. The van der Waals surface area contributed by atoms with Crippen LogP contribution in [-0.4, -0.2) is 44.3 Å². The lowest BCUT2D eigenvalue weighted by Gasteiger charge is -2.33. The van der Waals surface area contributed by atoms with Crippen LogP contribution in [0.25, 0.3) is 0 Å². The highest BCUT2D eigenvalue weighted by molar-refractivity contribution is 7.92. The van der Waals surface area contributed by atoms with E-state index in [1.165, 1.54) is 17.0 Å². The zero-order chi connectivity index (χ0) is 30.5. The third-order valence-electron chi connectivity index (χ3n) is 6.56. The number of hydrogen-bond donors (Lipinski definition) is 1. The maximum absolute atomic E-state index is 14.1. The van der Waals surface area contributed by atoms with Gasteiger partial charge in [-0.2, -0.15) is 0 Å². The van der Waals surface area contributed by atoms with Crippen LogP contribution in [0.3, 0.4) is 0 Å². The Labute approximate surface area is 257 Å². The largest absolute Gasteiger partial charge is 0.354 e. The molecular weight excluding hydrogens is 605 g/mol. The van der Waals surface area contributed by atoms with Crippen LogP contribution in [0.1, 0.15) is 37.5 Å². The maximum Gasteiger partial charge on any atom is 0.264 e. The van der Waals surface area contributed by atoms with Crippen molar-refractivity contribution in [1.82, 2.24) is 10.2 Å². The van der Waals surface area contributed by atoms with Crippen molar-refractivity contribution in [2.45, 2.75) is 52.1 Å². The first kappa shape index (κ1) is 32.7. The minimum Gasteiger partial charge on any atom is -0.354 e. The Bertz CT molecular complexity index is 1490. The molecule has 3 aromatic carbocycles. The van der Waals surface area contributed by atoms with E-state index in [1.54, 1.807) is 62.4 Å². The molecule has 11 heteroatoms. The summed E-state index contributed by atoms with van der Waals surface area (Å²) < 4.78 is 29.0. The molecule has 0 radical (unpaired) electrons. The van der Waals surface area contributed by atoms with Gasteiger partial charge in [-0.1, -0.05) is 72.4 Å². The zero-order valence-electron chi connectivity index (χ0n) is 23.6. The monoisotopic (exact) mass is 637 g/mol. The number of nitrogens with zero attached hydrogens (tertiary/aromatic N) is 2. The van der Waals surface area contributed by atoms with E-state index >= 15 is 0 Å². The minimum atomic E-state index is -4.20. The Morgan fingerprint density at radius 3 is 2.07 bits per heavy atom. The summed E-state index contributed by atoms with van der Waals surface area (Å²) >= 11 is 19.0. The molecule has 0 saturated heterocycles. The molecule has 0 heterocycles. The SMILES string of the molecule is Cc1ccc(S(=O)(=O)N(CC(=O)N(Cc2c(Cl)cccc2Cl)[C@@H](C)C(=O)NCC(C)C)c2ccc(Cl)cc2C)cc1. The Kier molecular flexibility index (Phi) is 11.1. The molecule has 0 aliphatic carbocycles. The Morgan fingerprint density at radius 1 is 0.902 bits per heavy atom. The number of rotatable bonds is 11. The molecule has 0 unspecified atom stereocenters. The average molecular weight is 639 g/mol. The molecule has 0 bridgehead atoms. The van der Waals surface area contributed by atoms with E-state index in [9.17, 15) is 18.0 Å². The molecule has 0 aromatic heterocycles. The fourth-order valence-electron chi connectivity index (χ4n) is 4.14. The molecule has 1 atom stereocenters. The summed E-state index contributed by atoms with van der Waals surface area (Å²) in [6, 6.07) is 15.1. The molecule has 0 spiro atoms. The van der Waals surface area contributed by atoms with Crippen LogP contribution in [0.15, 0.2) is 65.6 Å². The summed E-state index contributed by atoms with van der Waals surface area (Å²) in [7, 11) is -4.20. The van der Waals surface area contributed by atoms with E-state index in [0.29, 0.717) is 32.7 Å². The van der Waals surface area contributed by atoms with Gasteiger partial charge in [-0.3, -0.25) is 13.9 Å². The highest BCUT2D eigenvalue weighted by atomic mass is 35.5. The number of amides is 2. The first-order chi connectivity index (χ1) is 19.2. The summed E-state index contributed by atoms with van der Waals surface area (Å²) in [6.07, 6.45) is 0. The summed E-state index contributed by atoms with van der Waals surface area (Å²) in [5, 5.41) is 3.92. The molecule has 7 nitrogen and oxygen atoms in total. The third-order valence-corrected chi connectivity index (χ3v) is 9.27. The fraction of sp³-hybridized carbons (Fsp3) is 0.333. The van der Waals surface area contributed by atoms with Gasteiger partial charge in [0.15, 0.2) is 0 Å². The van der Waals surface area contributed by atoms with Crippen molar-refractivity contribution in [3.05, 3.63) is 92.4 Å². The number of hydrogen-bond acceptors (Lipinski definition) is 4. The van der Waals surface area contributed by atoms with Gasteiger partial charge in [-0.15, -0.1) is 0 Å². The number of carbonyl (C=O) groups excluding carboxylic acids is 2. The van der Waals surface area contributed by atoms with Crippen molar-refractivity contribution in [3.63, 3.8) is 0 Å². The standard InChI is InChI=1S/C30H34Cl3N3O4S/c1-19(2)16-34-30(38)22(5)35(17-25-26(32)7-6-8-27(25)33)29(37)18-36(28-14-11-23(31)15-21(28)4)41(39,40)24-12-9-20(3)10-13-24/h6-15,19,22H,16-18H2,1-5H3,(H,34,38)/t22-/m0/s1. The number of aryl methyl sites for hydroxylation is 2. The summed E-state index contributed by atoms with van der Waals surface area (Å²) in [6.45, 7) is 8.80. The number of nitrogens with one attached hydrogen (secondary N) is 1. The lowest BCUT2D eigenvalue weighted by atomic mass is 10.1. The summed E-state index contributed by atoms with van der Waals surface area (Å²) in [5.41, 5.74) is 2.18. The van der Waals surface area contributed by atoms with Gasteiger partial charge in [0, 0.05) is 33.7 Å². The molecule has 3 rings (SSSR count). The smallest absolute Gasteiger partial charge is 0.264 e. The zero-order valence-corrected chi connectivity index (χ0v) is 26.7. The first-order valence-electron chi connectivity index (χ1n) is 13.1. The lowest BCUT2D eigenvalue weighted by molar-refractivity contribution is -0.139. The van der Waals surface area contributed by atoms with Gasteiger partial charge >= 0.3 is 0 Å². The van der Waals surface area contributed by atoms with Gasteiger partial charge in [0.25, 0.3) is 10.0 Å². The Hall–Kier alpha value is -2.78. The van der Waals surface area contributed by atoms with Gasteiger partial charge in [-0.05, 0) is 74.7 Å². The molecular formula is C30H34Cl3N3O4S. The minimum absolute atomic E-state index is 0.0219. The number of anilines is 1. The topological polar surface area (TPSA) is 86.8 Å². The van der Waals surface area contributed by atoms with E-state index in [2.05, 4.69) is 5.32 Å². The molecule has 1 N–H and O–H groups in total. The van der Waals surface area contributed by atoms with Gasteiger partial charge in [0.05, 0.1) is 10.6 Å². The summed E-state index contributed by atoms with van der Waals surface area (Å²) in [4.78, 5) is 28.5. The van der Waals surface area contributed by atoms with Crippen molar-refractivity contribution in [2.24, 2.45) is 5.92 Å². The number of benzene rings is 3. The summed E-state index contributed by atoms with van der Waals surface area (Å²) in [5.74, 6) is -0.805. The second-order valence-corrected chi connectivity index (χ2v) is 13.4. The molecule has 2 amide bonds. The Morgan fingerprint density at radius 2 is 1.51 bits per heavy atom. The molecule has 0 aliphatic heterocycles. The predicted octanol–water partition coefficient (Wildman–Crippen LogP) is 6.65. The van der Waals surface area contributed by atoms with Gasteiger partial charge in [0.2, 0.25) is 11.8 Å². The van der Waals surface area contributed by atoms with E-state index < -0.39 is 28.5 Å². The maximum atomic E-state index is 14.1. The van der Waals surface area contributed by atoms with E-state index in [1.807, 2.05) is 20.8 Å². The molecule has 41 heavy (non-hydrogen) atoms. The van der Waals surface area contributed by atoms with Crippen LogP contribution < -0.4 is 9.62 Å². The van der Waals surface area contributed by atoms with E-state index in [-0.39, 0.29) is 29.0 Å². The predicted molar refractivity (Wildman–Crippen MR) is 166 cm³/mol.